The van der Waals surface area contributed by atoms with E-state index in [1.165, 1.54) is 0 Å². The van der Waals surface area contributed by atoms with Crippen LogP contribution in [0.1, 0.15) is 12.8 Å². The first-order valence-electron chi connectivity index (χ1n) is 6.47. The zero-order valence-corrected chi connectivity index (χ0v) is 12.7. The molecule has 1 saturated heterocycles. The molecule has 1 aliphatic rings. The maximum Gasteiger partial charge on any atom is 0.242 e. The van der Waals surface area contributed by atoms with Gasteiger partial charge in [0, 0.05) is 13.6 Å². The van der Waals surface area contributed by atoms with Crippen LogP contribution in [0, 0.1) is 5.92 Å². The molecule has 6 heteroatoms. The van der Waals surface area contributed by atoms with Crippen LogP contribution in [0.4, 0.5) is 5.69 Å². The zero-order chi connectivity index (χ0) is 13.7. The Hall–Kier alpha value is -0.720. The summed E-state index contributed by atoms with van der Waals surface area (Å²) in [7, 11) is -1.69. The molecular formula is C13H20N2O2S2. The lowest BCUT2D eigenvalue weighted by Gasteiger charge is -2.21. The molecule has 1 aromatic carbocycles. The maximum atomic E-state index is 12.3. The van der Waals surface area contributed by atoms with Crippen molar-refractivity contribution in [2.75, 3.05) is 30.4 Å². The number of hydrogen-bond donors (Lipinski definition) is 2. The second-order valence-corrected chi connectivity index (χ2v) is 7.61. The van der Waals surface area contributed by atoms with Crippen LogP contribution in [-0.4, -0.2) is 33.5 Å². The Balaban J connectivity index is 2.05. The Kier molecular flexibility index (Phi) is 5.13. The standard InChI is InChI=1S/C13H20N2O2S2/c1-14-12-4-2-3-5-13(12)19(16,17)15-10-11-6-8-18-9-7-11/h2-5,11,14-15H,6-10H2,1H3. The van der Waals surface area contributed by atoms with E-state index in [2.05, 4.69) is 10.0 Å². The van der Waals surface area contributed by atoms with Crippen molar-refractivity contribution in [1.29, 1.82) is 0 Å². The minimum Gasteiger partial charge on any atom is -0.387 e. The Morgan fingerprint density at radius 3 is 2.63 bits per heavy atom. The van der Waals surface area contributed by atoms with Gasteiger partial charge >= 0.3 is 0 Å². The molecule has 2 rings (SSSR count). The highest BCUT2D eigenvalue weighted by molar-refractivity contribution is 7.99. The first-order chi connectivity index (χ1) is 9.13. The van der Waals surface area contributed by atoms with Gasteiger partial charge in [0.05, 0.1) is 5.69 Å². The molecule has 0 bridgehead atoms. The van der Waals surface area contributed by atoms with E-state index in [9.17, 15) is 8.42 Å². The van der Waals surface area contributed by atoms with Gasteiger partial charge in [0.1, 0.15) is 4.90 Å². The topological polar surface area (TPSA) is 58.2 Å². The third-order valence-corrected chi connectivity index (χ3v) is 5.88. The number of para-hydroxylation sites is 1. The molecule has 19 heavy (non-hydrogen) atoms. The minimum absolute atomic E-state index is 0.322. The summed E-state index contributed by atoms with van der Waals surface area (Å²) in [4.78, 5) is 0.322. The number of hydrogen-bond acceptors (Lipinski definition) is 4. The molecule has 4 nitrogen and oxygen atoms in total. The molecule has 0 amide bonds. The molecule has 0 saturated carbocycles. The van der Waals surface area contributed by atoms with Crippen molar-refractivity contribution in [3.05, 3.63) is 24.3 Å². The third-order valence-electron chi connectivity index (χ3n) is 3.35. The van der Waals surface area contributed by atoms with Gasteiger partial charge in [-0.15, -0.1) is 0 Å². The Morgan fingerprint density at radius 1 is 1.26 bits per heavy atom. The Bertz CT molecular complexity index is 511. The van der Waals surface area contributed by atoms with Crippen molar-refractivity contribution in [2.24, 2.45) is 5.92 Å². The molecule has 2 N–H and O–H groups in total. The molecule has 1 heterocycles. The number of nitrogens with one attached hydrogen (secondary N) is 2. The molecule has 0 spiro atoms. The monoisotopic (exact) mass is 300 g/mol. The van der Waals surface area contributed by atoms with Crippen LogP contribution >= 0.6 is 11.8 Å². The van der Waals surface area contributed by atoms with Crippen LogP contribution in [0.15, 0.2) is 29.2 Å². The van der Waals surface area contributed by atoms with Gasteiger partial charge in [-0.05, 0) is 42.4 Å². The van der Waals surface area contributed by atoms with E-state index in [0.29, 0.717) is 23.0 Å². The summed E-state index contributed by atoms with van der Waals surface area (Å²) < 4.78 is 27.3. The average Bonchev–Trinajstić information content (AvgIpc) is 2.46. The highest BCUT2D eigenvalue weighted by Crippen LogP contribution is 2.24. The Morgan fingerprint density at radius 2 is 1.95 bits per heavy atom. The molecular weight excluding hydrogens is 280 g/mol. The molecule has 106 valence electrons. The van der Waals surface area contributed by atoms with E-state index in [-0.39, 0.29) is 0 Å². The van der Waals surface area contributed by atoms with Gasteiger partial charge in [-0.3, -0.25) is 0 Å². The smallest absolute Gasteiger partial charge is 0.242 e. The van der Waals surface area contributed by atoms with Gasteiger partial charge in [0.25, 0.3) is 0 Å². The van der Waals surface area contributed by atoms with Crippen LogP contribution in [0.2, 0.25) is 0 Å². The lowest BCUT2D eigenvalue weighted by molar-refractivity contribution is 0.477. The first-order valence-corrected chi connectivity index (χ1v) is 9.11. The van der Waals surface area contributed by atoms with Crippen molar-refractivity contribution >= 4 is 27.5 Å². The van der Waals surface area contributed by atoms with Crippen LogP contribution in [0.25, 0.3) is 0 Å². The van der Waals surface area contributed by atoms with Crippen molar-refractivity contribution in [3.63, 3.8) is 0 Å². The third kappa shape index (κ3) is 3.87. The summed E-state index contributed by atoms with van der Waals surface area (Å²) in [5, 5.41) is 2.92. The van der Waals surface area contributed by atoms with Crippen LogP contribution in [0.5, 0.6) is 0 Å². The van der Waals surface area contributed by atoms with Crippen molar-refractivity contribution in [2.45, 2.75) is 17.7 Å². The minimum atomic E-state index is -3.42. The number of anilines is 1. The average molecular weight is 300 g/mol. The molecule has 0 aliphatic carbocycles. The normalized spacial score (nSPS) is 17.3. The molecule has 0 radical (unpaired) electrons. The number of rotatable bonds is 5. The van der Waals surface area contributed by atoms with E-state index < -0.39 is 10.0 Å². The fraction of sp³-hybridized carbons (Fsp3) is 0.538. The number of sulfonamides is 1. The molecule has 1 aromatic rings. The number of benzene rings is 1. The van der Waals surface area contributed by atoms with E-state index in [1.807, 2.05) is 17.8 Å². The second kappa shape index (κ2) is 6.63. The van der Waals surface area contributed by atoms with Gasteiger partial charge in [0.15, 0.2) is 0 Å². The molecule has 1 fully saturated rings. The van der Waals surface area contributed by atoms with Gasteiger partial charge in [-0.1, -0.05) is 12.1 Å². The summed E-state index contributed by atoms with van der Waals surface area (Å²) in [5.74, 6) is 2.75. The molecule has 0 atom stereocenters. The summed E-state index contributed by atoms with van der Waals surface area (Å²) >= 11 is 1.95. The predicted octanol–water partition coefficient (Wildman–Crippen LogP) is 2.15. The maximum absolute atomic E-state index is 12.3. The second-order valence-electron chi connectivity index (χ2n) is 4.65. The lowest BCUT2D eigenvalue weighted by Crippen LogP contribution is -2.31. The van der Waals surface area contributed by atoms with E-state index >= 15 is 0 Å². The summed E-state index contributed by atoms with van der Waals surface area (Å²) in [5.41, 5.74) is 0.634. The quantitative estimate of drug-likeness (QED) is 0.875. The summed E-state index contributed by atoms with van der Waals surface area (Å²) in [6, 6.07) is 6.96. The fourth-order valence-corrected chi connectivity index (χ4v) is 4.70. The highest BCUT2D eigenvalue weighted by Gasteiger charge is 2.20. The highest BCUT2D eigenvalue weighted by atomic mass is 32.2. The SMILES string of the molecule is CNc1ccccc1S(=O)(=O)NCC1CCSCC1. The van der Waals surface area contributed by atoms with Crippen molar-refractivity contribution in [3.8, 4) is 0 Å². The van der Waals surface area contributed by atoms with Crippen molar-refractivity contribution in [1.82, 2.24) is 4.72 Å². The molecule has 0 unspecified atom stereocenters. The predicted molar refractivity (Wildman–Crippen MR) is 81.2 cm³/mol. The van der Waals surface area contributed by atoms with E-state index in [0.717, 1.165) is 24.3 Å². The van der Waals surface area contributed by atoms with Crippen LogP contribution in [0.3, 0.4) is 0 Å². The molecule has 0 aromatic heterocycles. The van der Waals surface area contributed by atoms with Gasteiger partial charge in [-0.2, -0.15) is 11.8 Å². The lowest BCUT2D eigenvalue weighted by atomic mass is 10.0. The van der Waals surface area contributed by atoms with Gasteiger partial charge < -0.3 is 5.32 Å². The largest absolute Gasteiger partial charge is 0.387 e. The summed E-state index contributed by atoms with van der Waals surface area (Å²) in [6.07, 6.45) is 2.20. The number of thioether (sulfide) groups is 1. The zero-order valence-electron chi connectivity index (χ0n) is 11.1. The van der Waals surface area contributed by atoms with E-state index in [1.54, 1.807) is 25.2 Å². The van der Waals surface area contributed by atoms with E-state index in [4.69, 9.17) is 0 Å². The first kappa shape index (κ1) is 14.7. The van der Waals surface area contributed by atoms with Gasteiger partial charge in [0.2, 0.25) is 10.0 Å². The Labute approximate surface area is 119 Å². The molecule has 1 aliphatic heterocycles. The fourth-order valence-electron chi connectivity index (χ4n) is 2.16. The van der Waals surface area contributed by atoms with Crippen molar-refractivity contribution < 1.29 is 8.42 Å². The van der Waals surface area contributed by atoms with Gasteiger partial charge in [-0.25, -0.2) is 13.1 Å². The summed E-state index contributed by atoms with van der Waals surface area (Å²) in [6.45, 7) is 0.543. The van der Waals surface area contributed by atoms with Crippen LogP contribution < -0.4 is 10.0 Å². The van der Waals surface area contributed by atoms with Crippen LogP contribution in [-0.2, 0) is 10.0 Å².